The molecule has 3 unspecified atom stereocenters. The van der Waals surface area contributed by atoms with Crippen molar-refractivity contribution in [3.63, 3.8) is 0 Å². The Balaban J connectivity index is 2.00. The van der Waals surface area contributed by atoms with Gasteiger partial charge in [-0.15, -0.1) is 0 Å². The van der Waals surface area contributed by atoms with Gasteiger partial charge in [0.2, 0.25) is 12.3 Å². The fourth-order valence-electron chi connectivity index (χ4n) is 2.99. The van der Waals surface area contributed by atoms with Gasteiger partial charge in [-0.05, 0) is 19.3 Å². The van der Waals surface area contributed by atoms with Crippen molar-refractivity contribution in [3.8, 4) is 0 Å². The Hall–Kier alpha value is -0.940. The van der Waals surface area contributed by atoms with Crippen LogP contribution in [0.25, 0.3) is 0 Å². The van der Waals surface area contributed by atoms with Gasteiger partial charge in [0.1, 0.15) is 0 Å². The van der Waals surface area contributed by atoms with Gasteiger partial charge in [0.25, 0.3) is 0 Å². The van der Waals surface area contributed by atoms with Crippen LogP contribution in [0, 0.1) is 0 Å². The highest BCUT2D eigenvalue weighted by atomic mass is 16.2. The number of nitrogens with zero attached hydrogens (tertiary/aromatic N) is 1. The number of carbonyl (C=O) groups is 2. The monoisotopic (exact) mass is 239 g/mol. The van der Waals surface area contributed by atoms with Gasteiger partial charge >= 0.3 is 0 Å². The Morgan fingerprint density at radius 3 is 2.65 bits per heavy atom. The van der Waals surface area contributed by atoms with E-state index < -0.39 is 0 Å². The molecule has 0 aromatic carbocycles. The first-order valence-electron chi connectivity index (χ1n) is 6.48. The van der Waals surface area contributed by atoms with Crippen LogP contribution in [0.3, 0.4) is 0 Å². The molecule has 2 rings (SSSR count). The van der Waals surface area contributed by atoms with E-state index >= 15 is 0 Å². The second-order valence-corrected chi connectivity index (χ2v) is 5.02. The number of nitrogens with one attached hydrogen (secondary N) is 2. The number of hydrogen-bond acceptors (Lipinski definition) is 4. The molecule has 0 aromatic rings. The van der Waals surface area contributed by atoms with Crippen molar-refractivity contribution in [1.82, 2.24) is 15.5 Å². The summed E-state index contributed by atoms with van der Waals surface area (Å²) in [4.78, 5) is 24.5. The van der Waals surface area contributed by atoms with E-state index in [1.165, 1.54) is 12.8 Å². The van der Waals surface area contributed by atoms with Crippen LogP contribution in [-0.2, 0) is 9.59 Å². The van der Waals surface area contributed by atoms with Crippen molar-refractivity contribution in [2.45, 2.75) is 50.7 Å². The Kier molecular flexibility index (Phi) is 4.12. The summed E-state index contributed by atoms with van der Waals surface area (Å²) < 4.78 is 0. The Labute approximate surface area is 102 Å². The maximum absolute atomic E-state index is 11.9. The van der Waals surface area contributed by atoms with E-state index in [1.54, 1.807) is 0 Å². The molecule has 2 bridgehead atoms. The van der Waals surface area contributed by atoms with Gasteiger partial charge in [0.05, 0.1) is 6.04 Å². The smallest absolute Gasteiger partial charge is 0.243 e. The van der Waals surface area contributed by atoms with Gasteiger partial charge in [-0.3, -0.25) is 19.8 Å². The average molecular weight is 239 g/mol. The molecule has 3 atom stereocenters. The van der Waals surface area contributed by atoms with Crippen LogP contribution in [0.1, 0.15) is 32.6 Å². The Morgan fingerprint density at radius 1 is 1.47 bits per heavy atom. The second-order valence-electron chi connectivity index (χ2n) is 5.02. The van der Waals surface area contributed by atoms with Crippen LogP contribution in [-0.4, -0.2) is 48.4 Å². The number of likely N-dealkylation sites (tertiary alicyclic amines) is 1. The minimum absolute atomic E-state index is 0.143. The third-order valence-electron chi connectivity index (χ3n) is 3.75. The molecule has 2 amide bonds. The van der Waals surface area contributed by atoms with E-state index in [4.69, 9.17) is 0 Å². The molecule has 2 aliphatic rings. The van der Waals surface area contributed by atoms with Crippen LogP contribution in [0.4, 0.5) is 0 Å². The van der Waals surface area contributed by atoms with E-state index in [0.29, 0.717) is 18.5 Å². The molecule has 0 saturated carbocycles. The highest BCUT2D eigenvalue weighted by molar-refractivity contribution is 5.89. The fraction of sp³-hybridized carbons (Fsp3) is 0.833. The number of hydrogen-bond donors (Lipinski definition) is 2. The first kappa shape index (κ1) is 12.5. The topological polar surface area (TPSA) is 61.4 Å². The van der Waals surface area contributed by atoms with Crippen molar-refractivity contribution in [3.05, 3.63) is 0 Å². The molecule has 2 N–H and O–H groups in total. The zero-order valence-corrected chi connectivity index (χ0v) is 10.3. The van der Waals surface area contributed by atoms with Crippen molar-refractivity contribution in [1.29, 1.82) is 0 Å². The fourth-order valence-corrected chi connectivity index (χ4v) is 2.99. The summed E-state index contributed by atoms with van der Waals surface area (Å²) in [6.45, 7) is 3.92. The van der Waals surface area contributed by atoms with Gasteiger partial charge in [-0.2, -0.15) is 0 Å². The number of amides is 2. The molecule has 5 nitrogen and oxygen atoms in total. The van der Waals surface area contributed by atoms with Crippen LogP contribution >= 0.6 is 0 Å². The molecule has 17 heavy (non-hydrogen) atoms. The van der Waals surface area contributed by atoms with Gasteiger partial charge < -0.3 is 5.32 Å². The molecular weight excluding hydrogens is 218 g/mol. The molecule has 2 saturated heterocycles. The summed E-state index contributed by atoms with van der Waals surface area (Å²) in [6.07, 6.45) is 4.67. The van der Waals surface area contributed by atoms with Crippen molar-refractivity contribution < 1.29 is 9.59 Å². The third kappa shape index (κ3) is 2.84. The van der Waals surface area contributed by atoms with Crippen LogP contribution < -0.4 is 10.6 Å². The Morgan fingerprint density at radius 2 is 2.12 bits per heavy atom. The minimum Gasteiger partial charge on any atom is -0.309 e. The van der Waals surface area contributed by atoms with Gasteiger partial charge in [-0.1, -0.05) is 13.3 Å². The summed E-state index contributed by atoms with van der Waals surface area (Å²) in [7, 11) is 0. The molecule has 2 fully saturated rings. The first-order valence-corrected chi connectivity index (χ1v) is 6.48. The van der Waals surface area contributed by atoms with Crippen molar-refractivity contribution in [2.75, 3.05) is 13.1 Å². The summed E-state index contributed by atoms with van der Waals surface area (Å²) in [5.41, 5.74) is 0. The Bertz CT molecular complexity index is 283. The zero-order valence-electron chi connectivity index (χ0n) is 10.3. The standard InChI is InChI=1S/C12H21N3O2/c1-2-3-11(12(17)13-8-16)15-6-9-4-5-10(7-15)14-9/h8-11,14H,2-7H2,1H3,(H,13,16,17). The van der Waals surface area contributed by atoms with Crippen LogP contribution in [0.5, 0.6) is 0 Å². The zero-order chi connectivity index (χ0) is 12.3. The molecule has 0 aromatic heterocycles. The predicted octanol–water partition coefficient (Wildman–Crippen LogP) is -0.136. The highest BCUT2D eigenvalue weighted by Crippen LogP contribution is 2.23. The van der Waals surface area contributed by atoms with E-state index in [0.717, 1.165) is 25.9 Å². The lowest BCUT2D eigenvalue weighted by molar-refractivity contribution is -0.130. The number of fused-ring (bicyclic) bond motifs is 2. The number of piperazine rings is 1. The van der Waals surface area contributed by atoms with E-state index in [9.17, 15) is 9.59 Å². The summed E-state index contributed by atoms with van der Waals surface area (Å²) in [5, 5.41) is 5.84. The van der Waals surface area contributed by atoms with Crippen LogP contribution in [0.2, 0.25) is 0 Å². The lowest BCUT2D eigenvalue weighted by atomic mass is 10.1. The summed E-state index contributed by atoms with van der Waals surface area (Å²) >= 11 is 0. The van der Waals surface area contributed by atoms with Gasteiger partial charge in [0.15, 0.2) is 0 Å². The summed E-state index contributed by atoms with van der Waals surface area (Å²) in [6, 6.07) is 0.907. The number of carbonyl (C=O) groups excluding carboxylic acids is 2. The lowest BCUT2D eigenvalue weighted by Gasteiger charge is -2.37. The largest absolute Gasteiger partial charge is 0.309 e. The van der Waals surface area contributed by atoms with Crippen molar-refractivity contribution >= 4 is 12.3 Å². The van der Waals surface area contributed by atoms with E-state index in [-0.39, 0.29) is 11.9 Å². The predicted molar refractivity (Wildman–Crippen MR) is 64.4 cm³/mol. The SMILES string of the molecule is CCCC(C(=O)NC=O)N1CC2CCC(C1)N2. The maximum atomic E-state index is 11.9. The normalized spacial score (nSPS) is 29.9. The van der Waals surface area contributed by atoms with Gasteiger partial charge in [-0.25, -0.2) is 0 Å². The third-order valence-corrected chi connectivity index (χ3v) is 3.75. The minimum atomic E-state index is -0.150. The molecule has 0 radical (unpaired) electrons. The molecule has 0 aliphatic carbocycles. The molecule has 2 heterocycles. The lowest BCUT2D eigenvalue weighted by Crippen LogP contribution is -2.57. The van der Waals surface area contributed by atoms with Gasteiger partial charge in [0, 0.05) is 25.2 Å². The quantitative estimate of drug-likeness (QED) is 0.656. The van der Waals surface area contributed by atoms with Crippen molar-refractivity contribution in [2.24, 2.45) is 0 Å². The highest BCUT2D eigenvalue weighted by Gasteiger charge is 2.36. The second kappa shape index (κ2) is 5.60. The molecule has 5 heteroatoms. The van der Waals surface area contributed by atoms with E-state index in [1.807, 2.05) is 0 Å². The molecular formula is C12H21N3O2. The average Bonchev–Trinajstić information content (AvgIpc) is 2.65. The molecule has 0 spiro atoms. The van der Waals surface area contributed by atoms with Crippen LogP contribution in [0.15, 0.2) is 0 Å². The molecule has 96 valence electrons. The number of imide groups is 1. The summed E-state index contributed by atoms with van der Waals surface area (Å²) in [5.74, 6) is -0.150. The van der Waals surface area contributed by atoms with E-state index in [2.05, 4.69) is 22.5 Å². The maximum Gasteiger partial charge on any atom is 0.243 e. The number of rotatable bonds is 5. The molecule has 2 aliphatic heterocycles. The first-order chi connectivity index (χ1) is 8.24.